The van der Waals surface area contributed by atoms with E-state index in [4.69, 9.17) is 4.74 Å². The number of urea groups is 1. The predicted molar refractivity (Wildman–Crippen MR) is 43.1 cm³/mol. The summed E-state index contributed by atoms with van der Waals surface area (Å²) in [5.41, 5.74) is -0.789. The third-order valence-corrected chi connectivity index (χ3v) is 2.41. The molecule has 71 valence electrons. The zero-order valence-corrected chi connectivity index (χ0v) is 7.61. The minimum Gasteiger partial charge on any atom is -0.371 e. The highest BCUT2D eigenvalue weighted by atomic mass is 16.6. The molecule has 0 N–H and O–H groups in total. The van der Waals surface area contributed by atoms with Gasteiger partial charge in [-0.05, 0) is 13.8 Å². The van der Waals surface area contributed by atoms with Crippen LogP contribution in [0.25, 0.3) is 0 Å². The van der Waals surface area contributed by atoms with Crippen LogP contribution in [-0.2, 0) is 9.53 Å². The predicted octanol–water partition coefficient (Wildman–Crippen LogP) is -0.270. The Kier molecular flexibility index (Phi) is 1.60. The van der Waals surface area contributed by atoms with Crippen molar-refractivity contribution in [3.63, 3.8) is 0 Å². The maximum Gasteiger partial charge on any atom is 0.347 e. The topological polar surface area (TPSA) is 64.0 Å². The third kappa shape index (κ3) is 1.29. The van der Waals surface area contributed by atoms with Crippen molar-refractivity contribution >= 4 is 11.9 Å². The molecule has 2 fully saturated rings. The summed E-state index contributed by atoms with van der Waals surface area (Å²) in [5, 5.41) is 3.40. The van der Waals surface area contributed by atoms with Gasteiger partial charge in [-0.1, -0.05) is 0 Å². The van der Waals surface area contributed by atoms with Crippen LogP contribution in [0.2, 0.25) is 0 Å². The molecule has 2 heterocycles. The van der Waals surface area contributed by atoms with E-state index in [1.54, 1.807) is 13.8 Å². The molecule has 1 radical (unpaired) electrons. The van der Waals surface area contributed by atoms with Crippen molar-refractivity contribution in [2.45, 2.75) is 25.5 Å². The average Bonchev–Trinajstić information content (AvgIpc) is 2.78. The Labute approximate surface area is 76.0 Å². The van der Waals surface area contributed by atoms with Gasteiger partial charge in [0.1, 0.15) is 5.54 Å². The zero-order chi connectivity index (χ0) is 9.64. The second-order valence-electron chi connectivity index (χ2n) is 3.82. The Morgan fingerprint density at radius 2 is 2.23 bits per heavy atom. The fraction of sp³-hybridized carbons (Fsp3) is 0.750. The molecule has 0 aliphatic carbocycles. The molecule has 2 aliphatic rings. The van der Waals surface area contributed by atoms with E-state index in [1.165, 1.54) is 4.90 Å². The van der Waals surface area contributed by atoms with Gasteiger partial charge in [0.25, 0.3) is 5.91 Å². The van der Waals surface area contributed by atoms with E-state index in [-0.39, 0.29) is 12.0 Å². The van der Waals surface area contributed by atoms with Crippen molar-refractivity contribution in [3.8, 4) is 0 Å². The normalized spacial score (nSPS) is 30.6. The maximum absolute atomic E-state index is 11.2. The first kappa shape index (κ1) is 8.50. The molecule has 1 atom stereocenters. The van der Waals surface area contributed by atoms with E-state index < -0.39 is 11.6 Å². The summed E-state index contributed by atoms with van der Waals surface area (Å²) in [6.45, 7) is 4.55. The molecule has 13 heavy (non-hydrogen) atoms. The lowest BCUT2D eigenvalue weighted by Crippen LogP contribution is -2.45. The number of nitrogens with zero attached hydrogens (tertiary/aromatic N) is 2. The minimum atomic E-state index is -0.789. The van der Waals surface area contributed by atoms with E-state index in [9.17, 15) is 9.59 Å². The lowest BCUT2D eigenvalue weighted by molar-refractivity contribution is -0.125. The molecule has 2 aliphatic heterocycles. The van der Waals surface area contributed by atoms with Crippen LogP contribution < -0.4 is 5.32 Å². The number of carbonyl (C=O) groups excluding carboxylic acids is 2. The largest absolute Gasteiger partial charge is 0.371 e. The van der Waals surface area contributed by atoms with Crippen LogP contribution in [0.3, 0.4) is 0 Å². The van der Waals surface area contributed by atoms with Gasteiger partial charge in [-0.2, -0.15) is 5.32 Å². The van der Waals surface area contributed by atoms with Crippen LogP contribution in [0.4, 0.5) is 4.79 Å². The van der Waals surface area contributed by atoms with Gasteiger partial charge in [-0.25, -0.2) is 4.79 Å². The van der Waals surface area contributed by atoms with Crippen molar-refractivity contribution in [1.82, 2.24) is 10.2 Å². The quantitative estimate of drug-likeness (QED) is 0.437. The van der Waals surface area contributed by atoms with Crippen LogP contribution in [-0.4, -0.2) is 41.6 Å². The molecule has 0 spiro atoms. The summed E-state index contributed by atoms with van der Waals surface area (Å²) >= 11 is 0. The van der Waals surface area contributed by atoms with Crippen LogP contribution in [0.1, 0.15) is 13.8 Å². The second kappa shape index (κ2) is 2.45. The molecule has 0 bridgehead atoms. The SMILES string of the molecule is CC1(C)C(=O)[N]C(=O)N1CC1CO1. The summed E-state index contributed by atoms with van der Waals surface area (Å²) < 4.78 is 5.00. The van der Waals surface area contributed by atoms with Gasteiger partial charge in [0.15, 0.2) is 0 Å². The van der Waals surface area contributed by atoms with Crippen molar-refractivity contribution < 1.29 is 14.3 Å². The Hall–Kier alpha value is -1.10. The highest BCUT2D eigenvalue weighted by Gasteiger charge is 2.48. The van der Waals surface area contributed by atoms with E-state index in [0.29, 0.717) is 13.2 Å². The van der Waals surface area contributed by atoms with Crippen molar-refractivity contribution in [1.29, 1.82) is 0 Å². The number of hydrogen-bond acceptors (Lipinski definition) is 3. The first-order chi connectivity index (χ1) is 6.01. The van der Waals surface area contributed by atoms with E-state index >= 15 is 0 Å². The third-order valence-electron chi connectivity index (χ3n) is 2.41. The van der Waals surface area contributed by atoms with Crippen molar-refractivity contribution in [2.24, 2.45) is 0 Å². The van der Waals surface area contributed by atoms with Gasteiger partial charge in [0.2, 0.25) is 0 Å². The number of ether oxygens (including phenoxy) is 1. The lowest BCUT2D eigenvalue weighted by Gasteiger charge is -2.26. The summed E-state index contributed by atoms with van der Waals surface area (Å²) in [4.78, 5) is 24.0. The monoisotopic (exact) mass is 183 g/mol. The summed E-state index contributed by atoms with van der Waals surface area (Å²) in [6.07, 6.45) is 0.101. The van der Waals surface area contributed by atoms with Gasteiger partial charge >= 0.3 is 6.03 Å². The molecule has 2 rings (SSSR count). The van der Waals surface area contributed by atoms with Gasteiger partial charge in [0.05, 0.1) is 19.3 Å². The van der Waals surface area contributed by atoms with Crippen molar-refractivity contribution in [3.05, 3.63) is 0 Å². The van der Waals surface area contributed by atoms with Gasteiger partial charge < -0.3 is 9.64 Å². The van der Waals surface area contributed by atoms with Crippen LogP contribution in [0.5, 0.6) is 0 Å². The number of rotatable bonds is 2. The highest BCUT2D eigenvalue weighted by molar-refractivity contribution is 6.06. The second-order valence-corrected chi connectivity index (χ2v) is 3.82. The maximum atomic E-state index is 11.2. The van der Waals surface area contributed by atoms with Crippen LogP contribution in [0.15, 0.2) is 0 Å². The zero-order valence-electron chi connectivity index (χ0n) is 7.61. The molecule has 0 aromatic rings. The van der Waals surface area contributed by atoms with Crippen LogP contribution >= 0.6 is 0 Å². The van der Waals surface area contributed by atoms with Gasteiger partial charge in [-0.15, -0.1) is 0 Å². The number of hydrogen-bond donors (Lipinski definition) is 0. The number of epoxide rings is 1. The molecule has 0 aromatic heterocycles. The molecule has 3 amide bonds. The van der Waals surface area contributed by atoms with E-state index in [2.05, 4.69) is 5.32 Å². The first-order valence-corrected chi connectivity index (χ1v) is 4.21. The molecular weight excluding hydrogens is 172 g/mol. The van der Waals surface area contributed by atoms with Gasteiger partial charge in [0, 0.05) is 0 Å². The Morgan fingerprint density at radius 1 is 1.62 bits per heavy atom. The molecule has 0 aromatic carbocycles. The Balaban J connectivity index is 2.13. The lowest BCUT2D eigenvalue weighted by atomic mass is 10.0. The van der Waals surface area contributed by atoms with E-state index in [0.717, 1.165) is 0 Å². The number of imide groups is 1. The average molecular weight is 183 g/mol. The molecule has 1 unspecified atom stereocenters. The smallest absolute Gasteiger partial charge is 0.347 e. The standard InChI is InChI=1S/C8H11N2O3/c1-8(2)6(11)9-7(12)10(8)3-5-4-13-5/h5H,3-4H2,1-2H3. The molecule has 2 saturated heterocycles. The Bertz CT molecular complexity index is 271. The molecular formula is C8H11N2O3. The number of amides is 3. The van der Waals surface area contributed by atoms with E-state index in [1.807, 2.05) is 0 Å². The van der Waals surface area contributed by atoms with Crippen molar-refractivity contribution in [2.75, 3.05) is 13.2 Å². The highest BCUT2D eigenvalue weighted by Crippen LogP contribution is 2.24. The summed E-state index contributed by atoms with van der Waals surface area (Å²) in [7, 11) is 0. The molecule has 0 saturated carbocycles. The fourth-order valence-electron chi connectivity index (χ4n) is 1.32. The summed E-state index contributed by atoms with van der Waals surface area (Å²) in [5.74, 6) is -0.363. The van der Waals surface area contributed by atoms with Crippen LogP contribution in [0, 0.1) is 0 Å². The number of carbonyl (C=O) groups is 2. The summed E-state index contributed by atoms with van der Waals surface area (Å²) in [6, 6.07) is -0.439. The first-order valence-electron chi connectivity index (χ1n) is 4.21. The van der Waals surface area contributed by atoms with Gasteiger partial charge in [-0.3, -0.25) is 4.79 Å². The fourth-order valence-corrected chi connectivity index (χ4v) is 1.32. The molecule has 5 heteroatoms. The molecule has 5 nitrogen and oxygen atoms in total. The minimum absolute atomic E-state index is 0.101. The Morgan fingerprint density at radius 3 is 2.62 bits per heavy atom.